The zero-order valence-corrected chi connectivity index (χ0v) is 21.2. The molecule has 1 saturated carbocycles. The molecule has 3 aliphatic heterocycles. The summed E-state index contributed by atoms with van der Waals surface area (Å²) in [5, 5.41) is 2.97. The van der Waals surface area contributed by atoms with Gasteiger partial charge in [0.25, 0.3) is 5.91 Å². The molecule has 3 atom stereocenters. The maximum absolute atomic E-state index is 13.5. The first-order chi connectivity index (χ1) is 16.7. The van der Waals surface area contributed by atoms with Gasteiger partial charge in [0.15, 0.2) is 5.78 Å². The van der Waals surface area contributed by atoms with Crippen molar-refractivity contribution >= 4 is 23.3 Å². The van der Waals surface area contributed by atoms with Crippen LogP contribution in [0, 0.1) is 5.41 Å². The van der Waals surface area contributed by atoms with Gasteiger partial charge >= 0.3 is 0 Å². The Morgan fingerprint density at radius 1 is 1.00 bits per heavy atom. The second kappa shape index (κ2) is 9.54. The van der Waals surface area contributed by atoms with Crippen LogP contribution >= 0.6 is 0 Å². The highest BCUT2D eigenvalue weighted by molar-refractivity contribution is 5.99. The minimum absolute atomic E-state index is 0.0519. The van der Waals surface area contributed by atoms with Gasteiger partial charge in [-0.3, -0.25) is 19.3 Å². The van der Waals surface area contributed by atoms with Crippen molar-refractivity contribution in [3.8, 4) is 0 Å². The van der Waals surface area contributed by atoms with Gasteiger partial charge in [-0.15, -0.1) is 0 Å². The zero-order chi connectivity index (χ0) is 24.7. The number of rotatable bonds is 5. The number of anilines is 1. The summed E-state index contributed by atoms with van der Waals surface area (Å²) in [7, 11) is 0. The van der Waals surface area contributed by atoms with Crippen molar-refractivity contribution in [1.82, 2.24) is 15.1 Å². The van der Waals surface area contributed by atoms with Crippen molar-refractivity contribution in [3.63, 3.8) is 0 Å². The molecule has 0 unspecified atom stereocenters. The van der Waals surface area contributed by atoms with Crippen molar-refractivity contribution < 1.29 is 19.1 Å². The molecule has 3 saturated heterocycles. The van der Waals surface area contributed by atoms with Crippen LogP contribution in [-0.4, -0.2) is 91.0 Å². The minimum atomic E-state index is -0.735. The molecule has 1 aromatic carbocycles. The van der Waals surface area contributed by atoms with E-state index < -0.39 is 17.5 Å². The van der Waals surface area contributed by atoms with E-state index in [1.807, 2.05) is 45.0 Å². The number of carbonyl (C=O) groups is 3. The molecule has 8 heteroatoms. The van der Waals surface area contributed by atoms with Crippen LogP contribution in [-0.2, 0) is 14.3 Å². The maximum atomic E-state index is 13.5. The van der Waals surface area contributed by atoms with Crippen molar-refractivity contribution in [2.45, 2.75) is 70.7 Å². The molecule has 0 bridgehead atoms. The quantitative estimate of drug-likeness (QED) is 0.692. The van der Waals surface area contributed by atoms with Crippen molar-refractivity contribution in [1.29, 1.82) is 0 Å². The highest BCUT2D eigenvalue weighted by atomic mass is 16.5. The normalized spacial score (nSPS) is 26.4. The van der Waals surface area contributed by atoms with Gasteiger partial charge in [0, 0.05) is 50.0 Å². The Morgan fingerprint density at radius 2 is 1.69 bits per heavy atom. The number of ether oxygens (including phenoxy) is 1. The van der Waals surface area contributed by atoms with Gasteiger partial charge in [-0.05, 0) is 48.9 Å². The lowest BCUT2D eigenvalue weighted by molar-refractivity contribution is -0.140. The number of hydrogen-bond acceptors (Lipinski definition) is 6. The molecule has 0 aromatic heterocycles. The molecule has 1 aliphatic carbocycles. The lowest BCUT2D eigenvalue weighted by Crippen LogP contribution is -2.57. The van der Waals surface area contributed by atoms with E-state index in [0.717, 1.165) is 37.9 Å². The molecule has 190 valence electrons. The predicted octanol–water partition coefficient (Wildman–Crippen LogP) is 2.07. The molecule has 3 heterocycles. The molecular formula is C27H38N4O4. The number of hydrogen-bond donors (Lipinski definition) is 1. The molecule has 4 aliphatic rings. The second-order valence-corrected chi connectivity index (χ2v) is 11.5. The highest BCUT2D eigenvalue weighted by Crippen LogP contribution is 2.31. The third kappa shape index (κ3) is 4.83. The van der Waals surface area contributed by atoms with Crippen molar-refractivity contribution in [2.24, 2.45) is 5.41 Å². The number of amides is 2. The van der Waals surface area contributed by atoms with Crippen LogP contribution < -0.4 is 10.2 Å². The smallest absolute Gasteiger partial charge is 0.251 e. The summed E-state index contributed by atoms with van der Waals surface area (Å²) in [5.41, 5.74) is 1.15. The third-order valence-electron chi connectivity index (χ3n) is 8.18. The summed E-state index contributed by atoms with van der Waals surface area (Å²) >= 11 is 0. The predicted molar refractivity (Wildman–Crippen MR) is 133 cm³/mol. The number of carbonyl (C=O) groups excluding carboxylic acids is 3. The van der Waals surface area contributed by atoms with Crippen LogP contribution in [0.4, 0.5) is 5.69 Å². The molecule has 8 nitrogen and oxygen atoms in total. The summed E-state index contributed by atoms with van der Waals surface area (Å²) in [5.74, 6) is -0.536. The lowest BCUT2D eigenvalue weighted by Gasteiger charge is -2.43. The molecular weight excluding hydrogens is 444 g/mol. The molecule has 1 aromatic rings. The number of piperazine rings is 1. The third-order valence-corrected chi connectivity index (χ3v) is 8.18. The van der Waals surface area contributed by atoms with Crippen LogP contribution in [0.25, 0.3) is 0 Å². The lowest BCUT2D eigenvalue weighted by atomic mass is 9.85. The molecule has 5 rings (SSSR count). The minimum Gasteiger partial charge on any atom is -0.369 e. The van der Waals surface area contributed by atoms with Gasteiger partial charge in [-0.25, -0.2) is 0 Å². The second-order valence-electron chi connectivity index (χ2n) is 11.5. The molecule has 1 N–H and O–H groups in total. The first-order valence-electron chi connectivity index (χ1n) is 13.1. The fourth-order valence-corrected chi connectivity index (χ4v) is 5.79. The highest BCUT2D eigenvalue weighted by Gasteiger charge is 2.49. The molecule has 0 radical (unpaired) electrons. The largest absolute Gasteiger partial charge is 0.369 e. The average molecular weight is 483 g/mol. The van der Waals surface area contributed by atoms with E-state index in [1.54, 1.807) is 4.90 Å². The first-order valence-corrected chi connectivity index (χ1v) is 13.1. The summed E-state index contributed by atoms with van der Waals surface area (Å²) < 4.78 is 5.54. The number of nitrogens with zero attached hydrogens (tertiary/aromatic N) is 3. The van der Waals surface area contributed by atoms with E-state index in [1.165, 1.54) is 19.3 Å². The Morgan fingerprint density at radius 3 is 2.29 bits per heavy atom. The van der Waals surface area contributed by atoms with Gasteiger partial charge < -0.3 is 19.9 Å². The number of Topliss-reactive ketones (excluding diaryl/α,β-unsaturated/α-hetero) is 1. The first kappa shape index (κ1) is 24.3. The van der Waals surface area contributed by atoms with E-state index in [-0.39, 0.29) is 30.3 Å². The number of ketones is 1. The van der Waals surface area contributed by atoms with Crippen LogP contribution in [0.3, 0.4) is 0 Å². The van der Waals surface area contributed by atoms with E-state index >= 15 is 0 Å². The fraction of sp³-hybridized carbons (Fsp3) is 0.667. The topological polar surface area (TPSA) is 82.2 Å². The van der Waals surface area contributed by atoms with Crippen molar-refractivity contribution in [2.75, 3.05) is 44.2 Å². The van der Waals surface area contributed by atoms with E-state index in [0.29, 0.717) is 18.5 Å². The number of benzene rings is 1. The van der Waals surface area contributed by atoms with Crippen LogP contribution in [0.2, 0.25) is 0 Å². The van der Waals surface area contributed by atoms with Crippen molar-refractivity contribution in [3.05, 3.63) is 29.8 Å². The summed E-state index contributed by atoms with van der Waals surface area (Å²) in [6.07, 6.45) is 4.48. The number of nitrogens with one attached hydrogen (secondary N) is 1. The molecule has 4 fully saturated rings. The monoisotopic (exact) mass is 482 g/mol. The van der Waals surface area contributed by atoms with E-state index in [4.69, 9.17) is 4.74 Å². The van der Waals surface area contributed by atoms with E-state index in [9.17, 15) is 14.4 Å². The number of fused-ring (bicyclic) bond motifs is 1. The van der Waals surface area contributed by atoms with Crippen LogP contribution in [0.5, 0.6) is 0 Å². The van der Waals surface area contributed by atoms with Crippen LogP contribution in [0.15, 0.2) is 24.3 Å². The standard InChI is InChI=1S/C27H38N4O4/c1-27(2,3)24(26(34)31-12-11-22-23(31)21(32)17-35-22)28-25(33)18-7-9-20(10-8-18)30-15-13-29(14-16-30)19-5-4-6-19/h7-10,19,22-24H,4-6,11-17H2,1-3H3,(H,28,33)/t22-,23-,24-/m1/s1. The van der Waals surface area contributed by atoms with Gasteiger partial charge in [-0.2, -0.15) is 0 Å². The van der Waals surface area contributed by atoms with Gasteiger partial charge in [0.1, 0.15) is 18.7 Å². The average Bonchev–Trinajstić information content (AvgIpc) is 3.39. The Balaban J connectivity index is 1.22. The molecule has 0 spiro atoms. The van der Waals surface area contributed by atoms with E-state index in [2.05, 4.69) is 15.1 Å². The van der Waals surface area contributed by atoms with Crippen LogP contribution in [0.1, 0.15) is 56.8 Å². The van der Waals surface area contributed by atoms with Gasteiger partial charge in [-0.1, -0.05) is 27.2 Å². The maximum Gasteiger partial charge on any atom is 0.251 e. The SMILES string of the molecule is CC(C)(C)[C@H](NC(=O)c1ccc(N2CCN(C3CCC3)CC2)cc1)C(=O)N1CC[C@H]2OCC(=O)[C@H]21. The van der Waals surface area contributed by atoms with Gasteiger partial charge in [0.05, 0.1) is 6.10 Å². The summed E-state index contributed by atoms with van der Waals surface area (Å²) in [6, 6.07) is 7.21. The Bertz CT molecular complexity index is 960. The summed E-state index contributed by atoms with van der Waals surface area (Å²) in [6.45, 7) is 10.5. The van der Waals surface area contributed by atoms with Gasteiger partial charge in [0.2, 0.25) is 5.91 Å². The Kier molecular flexibility index (Phi) is 6.61. The molecule has 35 heavy (non-hydrogen) atoms. The fourth-order valence-electron chi connectivity index (χ4n) is 5.79. The number of likely N-dealkylation sites (tertiary alicyclic amines) is 1. The zero-order valence-electron chi connectivity index (χ0n) is 21.2. The Hall–Kier alpha value is -2.45. The molecule has 2 amide bonds. The summed E-state index contributed by atoms with van der Waals surface area (Å²) in [4.78, 5) is 45.6. The Labute approximate surface area is 207 Å².